The Kier molecular flexibility index (Phi) is 11.9. The number of hydrogen-bond acceptors (Lipinski definition) is 4. The van der Waals surface area contributed by atoms with E-state index in [2.05, 4.69) is 6.92 Å². The molecule has 0 atom stereocenters. The van der Waals surface area contributed by atoms with E-state index in [-0.39, 0.29) is 73.5 Å². The summed E-state index contributed by atoms with van der Waals surface area (Å²) in [5.41, 5.74) is 0.834. The van der Waals surface area contributed by atoms with Gasteiger partial charge in [0.05, 0.1) is 0 Å². The van der Waals surface area contributed by atoms with Gasteiger partial charge in [0.1, 0.15) is 16.4 Å². The molecule has 2 rings (SSSR count). The molecule has 2 aromatic carbocycles. The van der Waals surface area contributed by atoms with Crippen LogP contribution in [0.4, 0.5) is 0 Å². The summed E-state index contributed by atoms with van der Waals surface area (Å²) >= 11 is 0. The minimum Gasteiger partial charge on any atom is -0.872 e. The van der Waals surface area contributed by atoms with Crippen molar-refractivity contribution in [1.29, 1.82) is 0 Å². The van der Waals surface area contributed by atoms with Crippen LogP contribution in [0.5, 0.6) is 17.2 Å². The van der Waals surface area contributed by atoms with E-state index >= 15 is 0 Å². The first-order chi connectivity index (χ1) is 12.9. The zero-order valence-electron chi connectivity index (χ0n) is 16.7. The van der Waals surface area contributed by atoms with Gasteiger partial charge >= 0.3 is 51.4 Å². The van der Waals surface area contributed by atoms with E-state index in [0.717, 1.165) is 24.8 Å². The van der Waals surface area contributed by atoms with Crippen molar-refractivity contribution in [2.24, 2.45) is 0 Å². The Bertz CT molecular complexity index is 836. The first kappa shape index (κ1) is 25.6. The average Bonchev–Trinajstić information content (AvgIpc) is 2.61. The molecular weight excluding hydrogens is 403 g/mol. The summed E-state index contributed by atoms with van der Waals surface area (Å²) in [6, 6.07) is 10.5. The summed E-state index contributed by atoms with van der Waals surface area (Å²) in [6.07, 6.45) is 8.98. The molecule has 0 unspecified atom stereocenters. The van der Waals surface area contributed by atoms with Crippen molar-refractivity contribution in [2.75, 3.05) is 0 Å². The molecule has 0 heterocycles. The normalized spacial score (nSPS) is 11.1. The fourth-order valence-corrected chi connectivity index (χ4v) is 3.61. The maximum absolute atomic E-state index is 11.8. The Morgan fingerprint density at radius 2 is 1.64 bits per heavy atom. The zero-order valence-corrected chi connectivity index (χ0v) is 20.6. The molecule has 148 valence electrons. The van der Waals surface area contributed by atoms with Crippen molar-refractivity contribution < 1.29 is 74.2 Å². The molecular formula is C21H27KO5S. The Balaban J connectivity index is 0.00000392. The molecule has 0 saturated heterocycles. The van der Waals surface area contributed by atoms with Crippen molar-refractivity contribution in [3.8, 4) is 17.2 Å². The zero-order chi connectivity index (χ0) is 19.7. The van der Waals surface area contributed by atoms with Crippen LogP contribution in [0.2, 0.25) is 0 Å². The van der Waals surface area contributed by atoms with Gasteiger partial charge in [-0.05, 0) is 42.7 Å². The van der Waals surface area contributed by atoms with E-state index in [0.29, 0.717) is 0 Å². The number of benzene rings is 2. The van der Waals surface area contributed by atoms with Gasteiger partial charge in [-0.15, -0.1) is 5.75 Å². The van der Waals surface area contributed by atoms with Crippen LogP contribution in [0.1, 0.15) is 57.4 Å². The molecule has 2 aromatic rings. The summed E-state index contributed by atoms with van der Waals surface area (Å²) in [6.45, 7) is 2.19. The van der Waals surface area contributed by atoms with Gasteiger partial charge in [-0.1, -0.05) is 63.6 Å². The van der Waals surface area contributed by atoms with E-state index in [1.54, 1.807) is 12.1 Å². The summed E-state index contributed by atoms with van der Waals surface area (Å²) in [5, 5.41) is 11.4. The fourth-order valence-electron chi connectivity index (χ4n) is 2.94. The van der Waals surface area contributed by atoms with E-state index < -0.39 is 10.1 Å². The van der Waals surface area contributed by atoms with Gasteiger partial charge in [0.25, 0.3) is 10.1 Å². The molecule has 28 heavy (non-hydrogen) atoms. The third-order valence-corrected chi connectivity index (χ3v) is 5.26. The summed E-state index contributed by atoms with van der Waals surface area (Å²) < 4.78 is 38.6. The summed E-state index contributed by atoms with van der Waals surface area (Å²) in [7, 11) is -4.43. The van der Waals surface area contributed by atoms with E-state index in [1.165, 1.54) is 62.4 Å². The van der Waals surface area contributed by atoms with Crippen molar-refractivity contribution in [3.63, 3.8) is 0 Å². The minimum absolute atomic E-state index is 0. The maximum atomic E-state index is 11.8. The van der Waals surface area contributed by atoms with Crippen LogP contribution >= 0.6 is 0 Å². The Morgan fingerprint density at radius 1 is 0.964 bits per heavy atom. The molecule has 0 aliphatic rings. The van der Waals surface area contributed by atoms with Crippen molar-refractivity contribution in [2.45, 2.75) is 63.2 Å². The molecule has 0 spiro atoms. The van der Waals surface area contributed by atoms with Crippen LogP contribution < -0.4 is 61.2 Å². The molecule has 5 nitrogen and oxygen atoms in total. The predicted molar refractivity (Wildman–Crippen MR) is 104 cm³/mol. The fraction of sp³-hybridized carbons (Fsp3) is 0.429. The predicted octanol–water partition coefficient (Wildman–Crippen LogP) is 2.10. The number of unbranched alkanes of at least 4 members (excludes halogenated alkanes) is 6. The largest absolute Gasteiger partial charge is 1.00 e. The number of aryl methyl sites for hydroxylation is 1. The standard InChI is InChI=1S/C21H28O5S.K/c1-2-3-4-5-6-7-8-10-17-13-14-20(21(15-17)27(23,24)25)26-19-12-9-11-18(22)16-19;/h9,11-16,22H,2-8,10H2,1H3,(H,23,24,25);/q;+1/p-1. The van der Waals surface area contributed by atoms with Crippen molar-refractivity contribution in [3.05, 3.63) is 48.0 Å². The summed E-state index contributed by atoms with van der Waals surface area (Å²) in [4.78, 5) is -0.278. The molecule has 0 bridgehead atoms. The van der Waals surface area contributed by atoms with E-state index in [4.69, 9.17) is 4.74 Å². The SMILES string of the molecule is CCCCCCCCCc1ccc(Oc2cccc([O-])c2)c(S(=O)(=O)O)c1.[K+]. The second kappa shape index (κ2) is 13.0. The van der Waals surface area contributed by atoms with Crippen LogP contribution in [0.3, 0.4) is 0 Å². The Morgan fingerprint density at radius 3 is 2.29 bits per heavy atom. The van der Waals surface area contributed by atoms with Crippen LogP contribution in [0.15, 0.2) is 47.4 Å². The molecule has 7 heteroatoms. The Labute approximate surface area is 210 Å². The van der Waals surface area contributed by atoms with Crippen molar-refractivity contribution in [1.82, 2.24) is 0 Å². The maximum Gasteiger partial charge on any atom is 1.00 e. The third kappa shape index (κ3) is 8.94. The van der Waals surface area contributed by atoms with Gasteiger partial charge < -0.3 is 9.84 Å². The van der Waals surface area contributed by atoms with Gasteiger partial charge in [0.2, 0.25) is 0 Å². The van der Waals surface area contributed by atoms with Crippen LogP contribution in [0, 0.1) is 0 Å². The smallest absolute Gasteiger partial charge is 0.872 e. The molecule has 0 aliphatic carbocycles. The molecule has 0 radical (unpaired) electrons. The topological polar surface area (TPSA) is 86.7 Å². The van der Waals surface area contributed by atoms with Gasteiger partial charge in [-0.3, -0.25) is 4.55 Å². The molecule has 0 aliphatic heterocycles. The van der Waals surface area contributed by atoms with Crippen LogP contribution in [-0.4, -0.2) is 13.0 Å². The van der Waals surface area contributed by atoms with Gasteiger partial charge in [-0.2, -0.15) is 8.42 Å². The summed E-state index contributed by atoms with van der Waals surface area (Å²) in [5.74, 6) is -0.00453. The van der Waals surface area contributed by atoms with Crippen molar-refractivity contribution >= 4 is 10.1 Å². The van der Waals surface area contributed by atoms with Crippen LogP contribution in [0.25, 0.3) is 0 Å². The van der Waals surface area contributed by atoms with E-state index in [9.17, 15) is 18.1 Å². The molecule has 0 fully saturated rings. The number of hydrogen-bond donors (Lipinski definition) is 1. The molecule has 0 amide bonds. The second-order valence-corrected chi connectivity index (χ2v) is 8.09. The number of rotatable bonds is 11. The van der Waals surface area contributed by atoms with E-state index in [1.807, 2.05) is 0 Å². The van der Waals surface area contributed by atoms with Gasteiger partial charge in [0, 0.05) is 0 Å². The third-order valence-electron chi connectivity index (χ3n) is 4.39. The number of ether oxygens (including phenoxy) is 1. The molecule has 0 aromatic heterocycles. The van der Waals surface area contributed by atoms with Gasteiger partial charge in [-0.25, -0.2) is 0 Å². The van der Waals surface area contributed by atoms with Crippen LogP contribution in [-0.2, 0) is 16.5 Å². The second-order valence-electron chi connectivity index (χ2n) is 6.70. The molecule has 1 N–H and O–H groups in total. The van der Waals surface area contributed by atoms with Gasteiger partial charge in [0.15, 0.2) is 0 Å². The first-order valence-electron chi connectivity index (χ1n) is 9.45. The Hall–Kier alpha value is -0.414. The average molecular weight is 431 g/mol. The first-order valence-corrected chi connectivity index (χ1v) is 10.9. The monoisotopic (exact) mass is 430 g/mol. The minimum atomic E-state index is -4.43. The molecule has 0 saturated carbocycles. The quantitative estimate of drug-likeness (QED) is 0.335.